The largest absolute Gasteiger partial charge is 0.453 e. The quantitative estimate of drug-likeness (QED) is 0.607. The van der Waals surface area contributed by atoms with Crippen LogP contribution < -0.4 is 0 Å². The number of amides is 1. The normalized spacial score (nSPS) is 22.5. The van der Waals surface area contributed by atoms with Crippen molar-refractivity contribution in [2.75, 3.05) is 13.7 Å². The molecule has 0 saturated carbocycles. The number of likely N-dealkylation sites (tertiary alicyclic amines) is 1. The van der Waals surface area contributed by atoms with Crippen LogP contribution in [0.5, 0.6) is 0 Å². The smallest absolute Gasteiger partial charge is 0.409 e. The maximum Gasteiger partial charge on any atom is 0.409 e. The third-order valence-electron chi connectivity index (χ3n) is 2.40. The van der Waals surface area contributed by atoms with Gasteiger partial charge in [0.2, 0.25) is 0 Å². The molecule has 1 rings (SSSR count). The highest BCUT2D eigenvalue weighted by molar-refractivity contribution is 5.68. The van der Waals surface area contributed by atoms with Crippen molar-refractivity contribution < 1.29 is 14.3 Å². The molecule has 0 aromatic heterocycles. The summed E-state index contributed by atoms with van der Waals surface area (Å²) in [5, 5.41) is 0. The van der Waals surface area contributed by atoms with E-state index >= 15 is 0 Å². The van der Waals surface area contributed by atoms with E-state index in [2.05, 4.69) is 4.74 Å². The molecule has 4 nitrogen and oxygen atoms in total. The van der Waals surface area contributed by atoms with Crippen LogP contribution in [-0.4, -0.2) is 37.0 Å². The van der Waals surface area contributed by atoms with Gasteiger partial charge in [0.15, 0.2) is 0 Å². The van der Waals surface area contributed by atoms with Gasteiger partial charge in [0.1, 0.15) is 6.29 Å². The number of hydrogen-bond donors (Lipinski definition) is 0. The summed E-state index contributed by atoms with van der Waals surface area (Å²) in [6, 6.07) is 0.0544. The number of ether oxygens (including phenoxy) is 1. The highest BCUT2D eigenvalue weighted by atomic mass is 16.5. The van der Waals surface area contributed by atoms with Crippen LogP contribution in [0.25, 0.3) is 0 Å². The molecule has 1 amide bonds. The van der Waals surface area contributed by atoms with E-state index < -0.39 is 0 Å². The summed E-state index contributed by atoms with van der Waals surface area (Å²) in [4.78, 5) is 23.2. The first kappa shape index (κ1) is 10.0. The van der Waals surface area contributed by atoms with Gasteiger partial charge in [-0.2, -0.15) is 0 Å². The molecule has 74 valence electrons. The molecule has 0 aromatic rings. The first-order valence-electron chi connectivity index (χ1n) is 4.57. The summed E-state index contributed by atoms with van der Waals surface area (Å²) >= 11 is 0. The van der Waals surface area contributed by atoms with E-state index in [-0.39, 0.29) is 12.1 Å². The van der Waals surface area contributed by atoms with Gasteiger partial charge in [-0.1, -0.05) is 0 Å². The Bertz CT molecular complexity index is 193. The summed E-state index contributed by atoms with van der Waals surface area (Å²) < 4.78 is 4.64. The molecule has 1 unspecified atom stereocenters. The molecule has 13 heavy (non-hydrogen) atoms. The second-order valence-electron chi connectivity index (χ2n) is 3.22. The fraction of sp³-hybridized carbons (Fsp3) is 0.778. The number of carbonyl (C=O) groups excluding carboxylic acids is 2. The van der Waals surface area contributed by atoms with Gasteiger partial charge in [-0.15, -0.1) is 0 Å². The molecule has 0 N–H and O–H groups in total. The zero-order chi connectivity index (χ0) is 9.68. The maximum absolute atomic E-state index is 11.2. The molecular weight excluding hydrogens is 170 g/mol. The highest BCUT2D eigenvalue weighted by Crippen LogP contribution is 2.19. The molecule has 0 spiro atoms. The highest BCUT2D eigenvalue weighted by Gasteiger charge is 2.26. The third-order valence-corrected chi connectivity index (χ3v) is 2.40. The molecular formula is C9H15NO3. The van der Waals surface area contributed by atoms with Crippen LogP contribution in [0.3, 0.4) is 0 Å². The Morgan fingerprint density at radius 2 is 2.38 bits per heavy atom. The van der Waals surface area contributed by atoms with Crippen LogP contribution in [0.4, 0.5) is 4.79 Å². The van der Waals surface area contributed by atoms with E-state index in [1.54, 1.807) is 4.90 Å². The molecule has 1 aliphatic heterocycles. The molecule has 0 radical (unpaired) electrons. The van der Waals surface area contributed by atoms with Crippen LogP contribution in [0, 0.1) is 0 Å². The van der Waals surface area contributed by atoms with Crippen molar-refractivity contribution in [3.63, 3.8) is 0 Å². The molecule has 0 bridgehead atoms. The number of aldehydes is 1. The van der Waals surface area contributed by atoms with Crippen molar-refractivity contribution in [1.82, 2.24) is 4.90 Å². The predicted octanol–water partition coefficient (Wildman–Crippen LogP) is 1.20. The molecule has 0 aliphatic carbocycles. The first-order valence-corrected chi connectivity index (χ1v) is 4.57. The SMILES string of the molecule is COC(=O)N1CCCCC1CC=O. The number of carbonyl (C=O) groups is 2. The standard InChI is InChI=1S/C9H15NO3/c1-13-9(12)10-6-3-2-4-8(10)5-7-11/h7-8H,2-6H2,1H3. The van der Waals surface area contributed by atoms with Gasteiger partial charge in [0.25, 0.3) is 0 Å². The van der Waals surface area contributed by atoms with Gasteiger partial charge < -0.3 is 14.4 Å². The average Bonchev–Trinajstić information content (AvgIpc) is 2.18. The van der Waals surface area contributed by atoms with Gasteiger partial charge in [-0.25, -0.2) is 4.79 Å². The number of nitrogens with zero attached hydrogens (tertiary/aromatic N) is 1. The topological polar surface area (TPSA) is 46.6 Å². The number of rotatable bonds is 2. The van der Waals surface area contributed by atoms with Gasteiger partial charge in [0, 0.05) is 19.0 Å². The lowest BCUT2D eigenvalue weighted by atomic mass is 10.0. The fourth-order valence-electron chi connectivity index (χ4n) is 1.71. The Morgan fingerprint density at radius 3 is 3.00 bits per heavy atom. The van der Waals surface area contributed by atoms with Crippen molar-refractivity contribution >= 4 is 12.4 Å². The van der Waals surface area contributed by atoms with E-state index in [0.29, 0.717) is 13.0 Å². The minimum Gasteiger partial charge on any atom is -0.453 e. The second-order valence-corrected chi connectivity index (χ2v) is 3.22. The Labute approximate surface area is 77.8 Å². The van der Waals surface area contributed by atoms with Crippen LogP contribution in [0.15, 0.2) is 0 Å². The Kier molecular flexibility index (Phi) is 3.73. The average molecular weight is 185 g/mol. The van der Waals surface area contributed by atoms with Gasteiger partial charge in [-0.3, -0.25) is 0 Å². The lowest BCUT2D eigenvalue weighted by Gasteiger charge is -2.33. The van der Waals surface area contributed by atoms with Gasteiger partial charge >= 0.3 is 6.09 Å². The molecule has 1 fully saturated rings. The Morgan fingerprint density at radius 1 is 1.62 bits per heavy atom. The van der Waals surface area contributed by atoms with E-state index in [0.717, 1.165) is 25.5 Å². The maximum atomic E-state index is 11.2. The van der Waals surface area contributed by atoms with Crippen molar-refractivity contribution in [2.24, 2.45) is 0 Å². The monoisotopic (exact) mass is 185 g/mol. The molecule has 4 heteroatoms. The fourth-order valence-corrected chi connectivity index (χ4v) is 1.71. The minimum absolute atomic E-state index is 0.0544. The van der Waals surface area contributed by atoms with Crippen molar-refractivity contribution in [2.45, 2.75) is 31.7 Å². The number of piperidine rings is 1. The lowest BCUT2D eigenvalue weighted by molar-refractivity contribution is -0.109. The minimum atomic E-state index is -0.313. The number of hydrogen-bond acceptors (Lipinski definition) is 3. The zero-order valence-corrected chi connectivity index (χ0v) is 7.86. The zero-order valence-electron chi connectivity index (χ0n) is 7.86. The van der Waals surface area contributed by atoms with E-state index in [9.17, 15) is 9.59 Å². The van der Waals surface area contributed by atoms with Crippen LogP contribution in [0.2, 0.25) is 0 Å². The van der Waals surface area contributed by atoms with E-state index in [4.69, 9.17) is 0 Å². The summed E-state index contributed by atoms with van der Waals surface area (Å²) in [5.74, 6) is 0. The van der Waals surface area contributed by atoms with Gasteiger partial charge in [0.05, 0.1) is 7.11 Å². The molecule has 0 aromatic carbocycles. The van der Waals surface area contributed by atoms with E-state index in [1.807, 2.05) is 0 Å². The predicted molar refractivity (Wildman–Crippen MR) is 47.4 cm³/mol. The molecule has 1 heterocycles. The summed E-state index contributed by atoms with van der Waals surface area (Å²) in [6.45, 7) is 0.713. The van der Waals surface area contributed by atoms with Crippen molar-refractivity contribution in [3.8, 4) is 0 Å². The summed E-state index contributed by atoms with van der Waals surface area (Å²) in [6.07, 6.45) is 3.98. The molecule has 1 atom stereocenters. The second kappa shape index (κ2) is 4.84. The summed E-state index contributed by atoms with van der Waals surface area (Å²) in [7, 11) is 1.37. The first-order chi connectivity index (χ1) is 6.29. The van der Waals surface area contributed by atoms with Crippen molar-refractivity contribution in [3.05, 3.63) is 0 Å². The van der Waals surface area contributed by atoms with Crippen LogP contribution in [0.1, 0.15) is 25.7 Å². The Balaban J connectivity index is 2.55. The molecule has 1 aliphatic rings. The Hall–Kier alpha value is -1.06. The van der Waals surface area contributed by atoms with Crippen LogP contribution >= 0.6 is 0 Å². The third kappa shape index (κ3) is 2.44. The number of methoxy groups -OCH3 is 1. The molecule has 1 saturated heterocycles. The summed E-state index contributed by atoms with van der Waals surface area (Å²) in [5.41, 5.74) is 0. The van der Waals surface area contributed by atoms with Gasteiger partial charge in [-0.05, 0) is 19.3 Å². The lowest BCUT2D eigenvalue weighted by Crippen LogP contribution is -2.43. The van der Waals surface area contributed by atoms with E-state index in [1.165, 1.54) is 7.11 Å². The van der Waals surface area contributed by atoms with Crippen molar-refractivity contribution in [1.29, 1.82) is 0 Å². The van der Waals surface area contributed by atoms with Crippen LogP contribution in [-0.2, 0) is 9.53 Å².